The highest BCUT2D eigenvalue weighted by Crippen LogP contribution is 2.24. The highest BCUT2D eigenvalue weighted by atomic mass is 35.5. The van der Waals surface area contributed by atoms with Crippen LogP contribution in [0.4, 0.5) is 0 Å². The number of nitrogens with zero attached hydrogens (tertiary/aromatic N) is 1. The molecule has 0 saturated carbocycles. The Hall–Kier alpha value is -1.75. The molecule has 1 atom stereocenters. The lowest BCUT2D eigenvalue weighted by Gasteiger charge is -2.31. The molecule has 4 nitrogen and oxygen atoms in total. The third-order valence-electron chi connectivity index (χ3n) is 4.82. The smallest absolute Gasteiger partial charge is 0.242 e. The second kappa shape index (κ2) is 12.2. The van der Waals surface area contributed by atoms with Gasteiger partial charge in [0.2, 0.25) is 11.8 Å². The maximum absolute atomic E-state index is 13.3. The van der Waals surface area contributed by atoms with Crippen LogP contribution in [0, 0.1) is 0 Å². The van der Waals surface area contributed by atoms with E-state index in [9.17, 15) is 9.59 Å². The summed E-state index contributed by atoms with van der Waals surface area (Å²) in [5.74, 6) is -0.323. The number of unbranched alkanes of at least 4 members (excludes halogenated alkanes) is 1. The van der Waals surface area contributed by atoms with E-state index in [-0.39, 0.29) is 24.8 Å². The second-order valence-corrected chi connectivity index (χ2v) is 8.41. The van der Waals surface area contributed by atoms with Crippen LogP contribution in [-0.2, 0) is 22.6 Å². The maximum Gasteiger partial charge on any atom is 0.242 e. The monoisotopic (exact) mass is 468 g/mol. The van der Waals surface area contributed by atoms with E-state index in [0.717, 1.165) is 24.0 Å². The minimum absolute atomic E-state index is 0.143. The molecular weight excluding hydrogens is 443 g/mol. The van der Waals surface area contributed by atoms with E-state index in [1.54, 1.807) is 41.3 Å². The lowest BCUT2D eigenvalue weighted by Crippen LogP contribution is -2.49. The van der Waals surface area contributed by atoms with Crippen LogP contribution in [0.2, 0.25) is 15.1 Å². The number of rotatable bonds is 10. The van der Waals surface area contributed by atoms with E-state index in [2.05, 4.69) is 12.2 Å². The Kier molecular flexibility index (Phi) is 9.96. The van der Waals surface area contributed by atoms with Crippen molar-refractivity contribution in [2.75, 3.05) is 6.54 Å². The molecule has 0 aliphatic carbocycles. The summed E-state index contributed by atoms with van der Waals surface area (Å²) in [6.07, 6.45) is 2.51. The fraction of sp³-hybridized carbons (Fsp3) is 0.391. The number of halogens is 3. The average Bonchev–Trinajstić information content (AvgIpc) is 2.69. The Bertz CT molecular complexity index is 873. The van der Waals surface area contributed by atoms with Gasteiger partial charge in [-0.25, -0.2) is 0 Å². The van der Waals surface area contributed by atoms with Crippen molar-refractivity contribution in [3.05, 3.63) is 68.7 Å². The van der Waals surface area contributed by atoms with Gasteiger partial charge >= 0.3 is 0 Å². The van der Waals surface area contributed by atoms with Crippen molar-refractivity contribution in [2.45, 2.75) is 52.1 Å². The molecule has 0 aromatic heterocycles. The minimum Gasteiger partial charge on any atom is -0.354 e. The summed E-state index contributed by atoms with van der Waals surface area (Å²) in [5, 5.41) is 4.49. The first-order valence-corrected chi connectivity index (χ1v) is 11.2. The van der Waals surface area contributed by atoms with Crippen molar-refractivity contribution >= 4 is 46.6 Å². The van der Waals surface area contributed by atoms with E-state index < -0.39 is 6.04 Å². The van der Waals surface area contributed by atoms with Gasteiger partial charge in [0, 0.05) is 28.2 Å². The Labute approximate surface area is 193 Å². The molecule has 2 aromatic carbocycles. The fourth-order valence-electron chi connectivity index (χ4n) is 3.18. The molecule has 30 heavy (non-hydrogen) atoms. The summed E-state index contributed by atoms with van der Waals surface area (Å²) in [5.41, 5.74) is 1.53. The molecule has 0 fully saturated rings. The number of carbonyl (C=O) groups is 2. The molecule has 0 saturated heterocycles. The van der Waals surface area contributed by atoms with Crippen LogP contribution in [-0.4, -0.2) is 29.3 Å². The molecule has 162 valence electrons. The van der Waals surface area contributed by atoms with Gasteiger partial charge in [-0.3, -0.25) is 9.59 Å². The predicted molar refractivity (Wildman–Crippen MR) is 124 cm³/mol. The summed E-state index contributed by atoms with van der Waals surface area (Å²) in [4.78, 5) is 27.7. The van der Waals surface area contributed by atoms with Crippen LogP contribution < -0.4 is 5.32 Å². The van der Waals surface area contributed by atoms with E-state index >= 15 is 0 Å². The Morgan fingerprint density at radius 2 is 1.77 bits per heavy atom. The van der Waals surface area contributed by atoms with Crippen molar-refractivity contribution in [1.82, 2.24) is 10.2 Å². The van der Waals surface area contributed by atoms with Gasteiger partial charge in [-0.15, -0.1) is 0 Å². The first kappa shape index (κ1) is 24.5. The zero-order chi connectivity index (χ0) is 22.1. The van der Waals surface area contributed by atoms with Crippen molar-refractivity contribution in [3.8, 4) is 0 Å². The van der Waals surface area contributed by atoms with Gasteiger partial charge in [-0.2, -0.15) is 0 Å². The van der Waals surface area contributed by atoms with Crippen LogP contribution >= 0.6 is 34.8 Å². The van der Waals surface area contributed by atoms with E-state index in [4.69, 9.17) is 34.8 Å². The van der Waals surface area contributed by atoms with E-state index in [0.29, 0.717) is 28.0 Å². The molecular formula is C23H27Cl3N2O2. The highest BCUT2D eigenvalue weighted by molar-refractivity contribution is 6.35. The van der Waals surface area contributed by atoms with Crippen molar-refractivity contribution in [1.29, 1.82) is 0 Å². The Morgan fingerprint density at radius 3 is 2.40 bits per heavy atom. The number of carbonyl (C=O) groups excluding carboxylic acids is 2. The first-order valence-electron chi connectivity index (χ1n) is 10.1. The molecule has 2 rings (SSSR count). The van der Waals surface area contributed by atoms with Crippen LogP contribution in [0.3, 0.4) is 0 Å². The van der Waals surface area contributed by atoms with E-state index in [1.165, 1.54) is 0 Å². The van der Waals surface area contributed by atoms with Gasteiger partial charge in [0.25, 0.3) is 0 Å². The van der Waals surface area contributed by atoms with Crippen LogP contribution in [0.5, 0.6) is 0 Å². The largest absolute Gasteiger partial charge is 0.354 e. The third kappa shape index (κ3) is 7.19. The lowest BCUT2D eigenvalue weighted by molar-refractivity contribution is -0.140. The van der Waals surface area contributed by atoms with Gasteiger partial charge in [0.15, 0.2) is 0 Å². The van der Waals surface area contributed by atoms with Gasteiger partial charge in [0.05, 0.1) is 6.42 Å². The first-order chi connectivity index (χ1) is 14.3. The summed E-state index contributed by atoms with van der Waals surface area (Å²) in [6, 6.07) is 11.7. The Morgan fingerprint density at radius 1 is 1.03 bits per heavy atom. The number of hydrogen-bond acceptors (Lipinski definition) is 2. The summed E-state index contributed by atoms with van der Waals surface area (Å²) >= 11 is 18.4. The second-order valence-electron chi connectivity index (χ2n) is 7.13. The highest BCUT2D eigenvalue weighted by Gasteiger charge is 2.29. The summed E-state index contributed by atoms with van der Waals surface area (Å²) in [7, 11) is 0. The number of benzene rings is 2. The SMILES string of the molecule is CCCCNC(=O)[C@@H](CC)N(Cc1ccc(Cl)cc1Cl)C(=O)Cc1cccc(Cl)c1. The third-order valence-corrected chi connectivity index (χ3v) is 5.64. The van der Waals surface area contributed by atoms with Crippen molar-refractivity contribution < 1.29 is 9.59 Å². The molecule has 0 unspecified atom stereocenters. The van der Waals surface area contributed by atoms with Gasteiger partial charge in [-0.05, 0) is 48.2 Å². The van der Waals surface area contributed by atoms with E-state index in [1.807, 2.05) is 13.0 Å². The minimum atomic E-state index is -0.597. The summed E-state index contributed by atoms with van der Waals surface area (Å²) < 4.78 is 0. The number of amides is 2. The fourth-order valence-corrected chi connectivity index (χ4v) is 3.86. The normalized spacial score (nSPS) is 11.8. The molecule has 0 heterocycles. The van der Waals surface area contributed by atoms with Gasteiger partial charge in [-0.1, -0.05) is 73.3 Å². The van der Waals surface area contributed by atoms with Crippen LogP contribution in [0.1, 0.15) is 44.2 Å². The molecule has 1 N–H and O–H groups in total. The van der Waals surface area contributed by atoms with Crippen molar-refractivity contribution in [2.24, 2.45) is 0 Å². The molecule has 0 spiro atoms. The van der Waals surface area contributed by atoms with Crippen LogP contribution in [0.25, 0.3) is 0 Å². The van der Waals surface area contributed by atoms with Gasteiger partial charge in [0.1, 0.15) is 6.04 Å². The molecule has 0 aliphatic rings. The molecule has 0 aliphatic heterocycles. The molecule has 0 radical (unpaired) electrons. The molecule has 2 aromatic rings. The van der Waals surface area contributed by atoms with Gasteiger partial charge < -0.3 is 10.2 Å². The zero-order valence-corrected chi connectivity index (χ0v) is 19.5. The summed E-state index contributed by atoms with van der Waals surface area (Å²) in [6.45, 7) is 4.76. The topological polar surface area (TPSA) is 49.4 Å². The molecule has 7 heteroatoms. The molecule has 2 amide bonds. The predicted octanol–water partition coefficient (Wildman–Crippen LogP) is 5.91. The number of hydrogen-bond donors (Lipinski definition) is 1. The van der Waals surface area contributed by atoms with Crippen LogP contribution in [0.15, 0.2) is 42.5 Å². The number of nitrogens with one attached hydrogen (secondary N) is 1. The zero-order valence-electron chi connectivity index (χ0n) is 17.3. The molecule has 0 bridgehead atoms. The van der Waals surface area contributed by atoms with Crippen molar-refractivity contribution in [3.63, 3.8) is 0 Å². The maximum atomic E-state index is 13.3. The average molecular weight is 470 g/mol. The lowest BCUT2D eigenvalue weighted by atomic mass is 10.1. The Balaban J connectivity index is 2.29. The standard InChI is InChI=1S/C23H27Cl3N2O2/c1-3-5-11-27-23(30)21(4-2)28(15-17-9-10-19(25)14-20(17)26)22(29)13-16-7-6-8-18(24)12-16/h6-10,12,14,21H,3-5,11,13,15H2,1-2H3,(H,27,30)/t21-/m1/s1. The quantitative estimate of drug-likeness (QED) is 0.440.